The smallest absolute Gasteiger partial charge is 0.139 e. The Bertz CT molecular complexity index is 8210. The van der Waals surface area contributed by atoms with E-state index in [4.69, 9.17) is 4.42 Å². The number of fused-ring (bicyclic) bond motifs is 18. The molecule has 16 aliphatic rings. The quantitative estimate of drug-likeness (QED) is 0.114. The average Bonchev–Trinajstić information content (AvgIpc) is 1.49. The number of para-hydroxylation sites is 2. The summed E-state index contributed by atoms with van der Waals surface area (Å²) in [5.74, 6) is 10.1. The first kappa shape index (κ1) is 85.9. The van der Waals surface area contributed by atoms with E-state index in [0.29, 0.717) is 0 Å². The van der Waals surface area contributed by atoms with Crippen LogP contribution in [0, 0.1) is 71.0 Å². The molecule has 3 nitrogen and oxygen atoms in total. The molecule has 0 N–H and O–H groups in total. The predicted molar refractivity (Wildman–Crippen MR) is 606 cm³/mol. The predicted octanol–water partition coefficient (Wildman–Crippen LogP) is 37.9. The van der Waals surface area contributed by atoms with Crippen molar-refractivity contribution in [1.29, 1.82) is 0 Å². The van der Waals surface area contributed by atoms with Crippen LogP contribution >= 0.6 is 11.3 Å². The van der Waals surface area contributed by atoms with E-state index in [0.717, 1.165) is 82.2 Å². The Labute approximate surface area is 861 Å². The molecule has 12 saturated carbocycles. The Hall–Kier alpha value is -14.4. The maximum atomic E-state index is 6.78. The van der Waals surface area contributed by atoms with Gasteiger partial charge in [0.2, 0.25) is 0 Å². The van der Waals surface area contributed by atoms with E-state index in [1.165, 1.54) is 267 Å². The highest BCUT2D eigenvalue weighted by molar-refractivity contribution is 7.26. The highest BCUT2D eigenvalue weighted by Gasteiger charge is 2.66. The van der Waals surface area contributed by atoms with E-state index >= 15 is 0 Å². The van der Waals surface area contributed by atoms with Gasteiger partial charge in [0.1, 0.15) is 11.2 Å². The van der Waals surface area contributed by atoms with Gasteiger partial charge < -0.3 is 14.2 Å². The van der Waals surface area contributed by atoms with Crippen LogP contribution in [0.5, 0.6) is 0 Å². The van der Waals surface area contributed by atoms with E-state index in [9.17, 15) is 0 Å². The minimum atomic E-state index is -0.0690. The molecule has 1 unspecified atom stereocenters. The molecule has 0 amide bonds. The van der Waals surface area contributed by atoms with E-state index in [2.05, 4.69) is 442 Å². The summed E-state index contributed by atoms with van der Waals surface area (Å²) >= 11 is 1.92. The third-order valence-electron chi connectivity index (χ3n) is 39.5. The van der Waals surface area contributed by atoms with Crippen molar-refractivity contribution in [3.05, 3.63) is 480 Å². The molecule has 3 spiro atoms. The van der Waals surface area contributed by atoms with Crippen LogP contribution in [0.2, 0.25) is 0 Å². The zero-order valence-electron chi connectivity index (χ0n) is 83.2. The first-order valence-electron chi connectivity index (χ1n) is 54.9. The van der Waals surface area contributed by atoms with Gasteiger partial charge in [0, 0.05) is 87.6 Å². The molecule has 18 aromatic carbocycles. The molecule has 20 aromatic rings. The summed E-state index contributed by atoms with van der Waals surface area (Å²) in [7, 11) is 0. The monoisotopic (exact) mass is 1900 g/mol. The van der Waals surface area contributed by atoms with Gasteiger partial charge in [0.05, 0.1) is 21.8 Å². The van der Waals surface area contributed by atoms with Gasteiger partial charge in [0.25, 0.3) is 0 Å². The number of benzene rings is 18. The van der Waals surface area contributed by atoms with Crippen molar-refractivity contribution < 1.29 is 4.42 Å². The van der Waals surface area contributed by atoms with Crippen LogP contribution in [-0.4, -0.2) is 0 Å². The van der Waals surface area contributed by atoms with Crippen molar-refractivity contribution in [3.8, 4) is 77.9 Å². The second kappa shape index (κ2) is 33.0. The Morgan fingerprint density at radius 2 is 0.596 bits per heavy atom. The number of anilines is 6. The second-order valence-corrected chi connectivity index (χ2v) is 47.8. The van der Waals surface area contributed by atoms with Crippen molar-refractivity contribution >= 4 is 87.6 Å². The Morgan fingerprint density at radius 3 is 1.11 bits per heavy atom. The molecule has 708 valence electrons. The van der Waals surface area contributed by atoms with Crippen molar-refractivity contribution in [2.45, 2.75) is 138 Å². The fraction of sp³-hybridized carbons (Fsp3) is 0.239. The SMILES string of the molecule is CC1(C)c2ccccc2-c2ccc(N(c3ccc(-c4ccccc4)cc3)c3cccc4c3-c3ccccc3C43C4CC5CC(C4)CC3C5)cc21.c1ccc(-c2ccc(C(c3cccc4c3-c3ccccc3C43C4CC5CC(C4)CC3C5)c3cccc4c3oc3ccccc34)cc2)cc1.c1ccc(-c2ccc(N(c3cccc4c3-c3ccccc3C43C4CC5CC(C4)CC3C5)c3cccc4c3sc3ccccc34)cc2)cc1. The summed E-state index contributed by atoms with van der Waals surface area (Å²) in [6.07, 6.45) is 21.2. The van der Waals surface area contributed by atoms with Crippen molar-refractivity contribution in [2.75, 3.05) is 9.80 Å². The molecule has 16 aliphatic carbocycles. The van der Waals surface area contributed by atoms with E-state index in [1.807, 2.05) is 11.3 Å². The fourth-order valence-electron chi connectivity index (χ4n) is 34.7. The van der Waals surface area contributed by atoms with Crippen LogP contribution in [0.3, 0.4) is 0 Å². The third kappa shape index (κ3) is 12.6. The first-order valence-corrected chi connectivity index (χ1v) is 55.7. The summed E-state index contributed by atoms with van der Waals surface area (Å²) in [4.78, 5) is 5.18. The highest BCUT2D eigenvalue weighted by atomic mass is 32.1. The number of nitrogens with zero attached hydrogens (tertiary/aromatic N) is 2. The molecule has 36 rings (SSSR count). The molecular weight excluding hydrogens is 1780 g/mol. The first-order chi connectivity index (χ1) is 72.1. The molecule has 0 radical (unpaired) electrons. The zero-order chi connectivity index (χ0) is 96.0. The van der Waals surface area contributed by atoms with Gasteiger partial charge in [-0.2, -0.15) is 0 Å². The fourth-order valence-corrected chi connectivity index (χ4v) is 35.9. The Morgan fingerprint density at radius 1 is 0.247 bits per heavy atom. The van der Waals surface area contributed by atoms with Crippen LogP contribution in [-0.2, 0) is 21.7 Å². The largest absolute Gasteiger partial charge is 0.456 e. The van der Waals surface area contributed by atoms with E-state index in [-0.39, 0.29) is 27.6 Å². The van der Waals surface area contributed by atoms with Gasteiger partial charge in [0.15, 0.2) is 0 Å². The number of hydrogen-bond donors (Lipinski definition) is 0. The average molecular weight is 1900 g/mol. The summed E-state index contributed by atoms with van der Waals surface area (Å²) in [6.45, 7) is 4.79. The lowest BCUT2D eigenvalue weighted by Crippen LogP contribution is -2.55. The van der Waals surface area contributed by atoms with Gasteiger partial charge in [-0.1, -0.05) is 366 Å². The van der Waals surface area contributed by atoms with Crippen LogP contribution in [0.25, 0.3) is 120 Å². The number of rotatable bonds is 12. The molecule has 146 heavy (non-hydrogen) atoms. The molecule has 0 saturated heterocycles. The van der Waals surface area contributed by atoms with E-state index < -0.39 is 0 Å². The molecule has 0 aliphatic heterocycles. The van der Waals surface area contributed by atoms with Gasteiger partial charge in [-0.3, -0.25) is 0 Å². The summed E-state index contributed by atoms with van der Waals surface area (Å²) in [5, 5.41) is 5.06. The Balaban J connectivity index is 0.0000000995. The molecule has 12 bridgehead atoms. The molecule has 4 heteroatoms. The Kier molecular flexibility index (Phi) is 19.5. The molecule has 2 aromatic heterocycles. The molecular formula is C142H118N2OS. The number of furan rings is 1. The normalized spacial score (nSPS) is 25.3. The minimum absolute atomic E-state index is 0.0223. The van der Waals surface area contributed by atoms with Gasteiger partial charge in [-0.25, -0.2) is 0 Å². The maximum absolute atomic E-state index is 6.78. The van der Waals surface area contributed by atoms with Crippen molar-refractivity contribution in [3.63, 3.8) is 0 Å². The van der Waals surface area contributed by atoms with Gasteiger partial charge in [-0.05, 0) is 356 Å². The van der Waals surface area contributed by atoms with Crippen LogP contribution in [0.4, 0.5) is 34.1 Å². The molecule has 1 atom stereocenters. The van der Waals surface area contributed by atoms with E-state index in [1.54, 1.807) is 33.4 Å². The second-order valence-electron chi connectivity index (χ2n) is 46.7. The molecule has 2 heterocycles. The van der Waals surface area contributed by atoms with Gasteiger partial charge >= 0.3 is 0 Å². The van der Waals surface area contributed by atoms with Crippen molar-refractivity contribution in [1.82, 2.24) is 0 Å². The maximum Gasteiger partial charge on any atom is 0.139 e. The summed E-state index contributed by atoms with van der Waals surface area (Å²) in [5.41, 5.74) is 45.3. The lowest BCUT2D eigenvalue weighted by atomic mass is 9.43. The summed E-state index contributed by atoms with van der Waals surface area (Å²) < 4.78 is 9.47. The van der Waals surface area contributed by atoms with Crippen LogP contribution in [0.1, 0.15) is 177 Å². The lowest BCUT2D eigenvalue weighted by Gasteiger charge is -2.61. The number of hydrogen-bond acceptors (Lipinski definition) is 4. The molecule has 12 fully saturated rings. The number of thiophene rings is 1. The summed E-state index contributed by atoms with van der Waals surface area (Å²) in [6, 6.07) is 158. The van der Waals surface area contributed by atoms with Gasteiger partial charge in [-0.15, -0.1) is 11.3 Å². The van der Waals surface area contributed by atoms with Crippen molar-refractivity contribution in [2.24, 2.45) is 71.0 Å². The van der Waals surface area contributed by atoms with Crippen LogP contribution in [0.15, 0.2) is 423 Å². The van der Waals surface area contributed by atoms with Crippen LogP contribution < -0.4 is 9.80 Å². The lowest BCUT2D eigenvalue weighted by molar-refractivity contribution is -0.0399. The minimum Gasteiger partial charge on any atom is -0.456 e. The standard InChI is InChI=1S/C49H43N.C47H38O.C46H37NS/c1-48(2)42-15-8-6-13-39(42)40-24-23-38(30-45(40)48)50(37-21-19-34(20-22-37)33-11-4-3-5-12-33)46-18-10-17-44-47(46)41-14-7-9-16-43(41)49(44)35-26-31-25-32(28-35)29-36(49)27-31;1-2-10-31(11-3-1)32-20-22-33(23-21-32)44(40-16-8-14-37-36-12-5-7-19-43(36)48-46(37)40)39-15-9-18-42-45(39)38-13-4-6-17-41(38)47(42)34-25-29-24-30(27-34)28-35(47)26-29;1-2-10-31(11-3-1)32-20-22-35(23-21-32)47(42-18-8-14-37-36-12-5-7-19-43(36)48-45(37)42)41-17-9-16-40-44(41)38-13-4-6-15-39(38)46(40)33-25-29-24-30(27-33)28-34(46)26-29/h3-24,30-32,35-36H,25-29H2,1-2H3;1-23,29-30,34-35,44H,24-28H2;1-23,29-30,33-34H,24-28H2. The highest BCUT2D eigenvalue weighted by Crippen LogP contribution is 2.75. The topological polar surface area (TPSA) is 19.6 Å². The third-order valence-corrected chi connectivity index (χ3v) is 40.7. The zero-order valence-corrected chi connectivity index (χ0v) is 84.0.